The summed E-state index contributed by atoms with van der Waals surface area (Å²) >= 11 is 0. The number of rotatable bonds is 2. The Hall–Kier alpha value is -0.570. The highest BCUT2D eigenvalue weighted by atomic mass is 16.4. The third kappa shape index (κ3) is 0.991. The van der Waals surface area contributed by atoms with Gasteiger partial charge in [-0.3, -0.25) is 9.69 Å². The summed E-state index contributed by atoms with van der Waals surface area (Å²) in [5.74, 6) is -0.578. The molecule has 1 N–H and O–H groups in total. The van der Waals surface area contributed by atoms with E-state index in [0.29, 0.717) is 5.41 Å². The molecule has 0 unspecified atom stereocenters. The summed E-state index contributed by atoms with van der Waals surface area (Å²) in [7, 11) is 0. The molecule has 1 heterocycles. The molecule has 3 fully saturated rings. The Morgan fingerprint density at radius 2 is 1.64 bits per heavy atom. The average Bonchev–Trinajstić information content (AvgIpc) is 2.74. The van der Waals surface area contributed by atoms with Crippen LogP contribution in [0, 0.1) is 5.41 Å². The SMILES string of the molecule is O=C(O)C1(N2CC3(CC3)C2)CCCC1. The predicted octanol–water partition coefficient (Wildman–Crippen LogP) is 1.48. The van der Waals surface area contributed by atoms with Crippen LogP contribution in [-0.2, 0) is 4.79 Å². The highest BCUT2D eigenvalue weighted by molar-refractivity contribution is 5.79. The Morgan fingerprint density at radius 3 is 2.07 bits per heavy atom. The smallest absolute Gasteiger partial charge is 0.324 e. The molecule has 3 heteroatoms. The lowest BCUT2D eigenvalue weighted by molar-refractivity contribution is -0.158. The summed E-state index contributed by atoms with van der Waals surface area (Å²) in [5.41, 5.74) is 0.110. The van der Waals surface area contributed by atoms with Gasteiger partial charge in [0.25, 0.3) is 0 Å². The van der Waals surface area contributed by atoms with Crippen molar-refractivity contribution in [3.8, 4) is 0 Å². The van der Waals surface area contributed by atoms with Crippen molar-refractivity contribution >= 4 is 5.97 Å². The van der Waals surface area contributed by atoms with E-state index in [-0.39, 0.29) is 0 Å². The number of nitrogens with zero attached hydrogens (tertiary/aromatic N) is 1. The Bertz CT molecular complexity index is 269. The molecule has 0 aromatic carbocycles. The molecule has 3 aliphatic rings. The van der Waals surface area contributed by atoms with Crippen molar-refractivity contribution in [1.29, 1.82) is 0 Å². The molecule has 3 nitrogen and oxygen atoms in total. The number of carbonyl (C=O) groups is 1. The summed E-state index contributed by atoms with van der Waals surface area (Å²) in [6.07, 6.45) is 6.60. The topological polar surface area (TPSA) is 40.5 Å². The minimum atomic E-state index is -0.578. The van der Waals surface area contributed by atoms with E-state index < -0.39 is 11.5 Å². The van der Waals surface area contributed by atoms with Gasteiger partial charge >= 0.3 is 5.97 Å². The summed E-state index contributed by atoms with van der Waals surface area (Å²) in [6.45, 7) is 2.11. The van der Waals surface area contributed by atoms with Crippen LogP contribution in [0.15, 0.2) is 0 Å². The third-order valence-electron chi connectivity index (χ3n) is 4.44. The highest BCUT2D eigenvalue weighted by Gasteiger charge is 2.60. The zero-order valence-corrected chi connectivity index (χ0v) is 8.46. The number of hydrogen-bond acceptors (Lipinski definition) is 2. The zero-order valence-electron chi connectivity index (χ0n) is 8.46. The molecular weight excluding hydrogens is 178 g/mol. The van der Waals surface area contributed by atoms with E-state index in [9.17, 15) is 9.90 Å². The Balaban J connectivity index is 1.76. The van der Waals surface area contributed by atoms with Crippen molar-refractivity contribution in [2.24, 2.45) is 5.41 Å². The molecule has 78 valence electrons. The Morgan fingerprint density at radius 1 is 1.07 bits per heavy atom. The van der Waals surface area contributed by atoms with Crippen LogP contribution < -0.4 is 0 Å². The van der Waals surface area contributed by atoms with Crippen LogP contribution in [0.3, 0.4) is 0 Å². The molecule has 0 atom stereocenters. The fraction of sp³-hybridized carbons (Fsp3) is 0.909. The first kappa shape index (κ1) is 8.72. The fourth-order valence-corrected chi connectivity index (χ4v) is 3.18. The molecule has 14 heavy (non-hydrogen) atoms. The van der Waals surface area contributed by atoms with Crippen LogP contribution >= 0.6 is 0 Å². The maximum Gasteiger partial charge on any atom is 0.324 e. The lowest BCUT2D eigenvalue weighted by atomic mass is 9.85. The van der Waals surface area contributed by atoms with Crippen molar-refractivity contribution in [2.75, 3.05) is 13.1 Å². The van der Waals surface area contributed by atoms with E-state index in [2.05, 4.69) is 4.90 Å². The minimum Gasteiger partial charge on any atom is -0.480 e. The maximum absolute atomic E-state index is 11.3. The van der Waals surface area contributed by atoms with Crippen molar-refractivity contribution < 1.29 is 9.90 Å². The molecule has 2 saturated carbocycles. The highest BCUT2D eigenvalue weighted by Crippen LogP contribution is 2.56. The zero-order chi connectivity index (χ0) is 9.81. The quantitative estimate of drug-likeness (QED) is 0.725. The summed E-state index contributed by atoms with van der Waals surface area (Å²) in [4.78, 5) is 13.6. The molecule has 2 aliphatic carbocycles. The van der Waals surface area contributed by atoms with Crippen LogP contribution in [0.4, 0.5) is 0 Å². The van der Waals surface area contributed by atoms with Gasteiger partial charge in [0, 0.05) is 13.1 Å². The van der Waals surface area contributed by atoms with Gasteiger partial charge < -0.3 is 5.11 Å². The van der Waals surface area contributed by atoms with E-state index in [1.165, 1.54) is 12.8 Å². The van der Waals surface area contributed by atoms with Gasteiger partial charge in [-0.2, -0.15) is 0 Å². The van der Waals surface area contributed by atoms with Crippen LogP contribution in [0.2, 0.25) is 0 Å². The summed E-state index contributed by atoms with van der Waals surface area (Å²) in [6, 6.07) is 0. The molecule has 1 spiro atoms. The van der Waals surface area contributed by atoms with Crippen LogP contribution in [0.25, 0.3) is 0 Å². The number of likely N-dealkylation sites (tertiary alicyclic amines) is 1. The van der Waals surface area contributed by atoms with Gasteiger partial charge in [0.15, 0.2) is 0 Å². The van der Waals surface area contributed by atoms with Gasteiger partial charge in [-0.25, -0.2) is 0 Å². The second-order valence-corrected chi connectivity index (χ2v) is 5.40. The molecule has 0 bridgehead atoms. The first-order valence-electron chi connectivity index (χ1n) is 5.66. The number of hydrogen-bond donors (Lipinski definition) is 1. The van der Waals surface area contributed by atoms with Gasteiger partial charge in [-0.05, 0) is 31.1 Å². The fourth-order valence-electron chi connectivity index (χ4n) is 3.18. The number of carboxylic acids is 1. The van der Waals surface area contributed by atoms with E-state index in [4.69, 9.17) is 0 Å². The summed E-state index contributed by atoms with van der Waals surface area (Å²) < 4.78 is 0. The Labute approximate surface area is 84.1 Å². The minimum absolute atomic E-state index is 0.464. The van der Waals surface area contributed by atoms with Crippen molar-refractivity contribution in [2.45, 2.75) is 44.1 Å². The normalized spacial score (nSPS) is 32.9. The first-order valence-corrected chi connectivity index (χ1v) is 5.66. The van der Waals surface area contributed by atoms with Gasteiger partial charge in [0.05, 0.1) is 0 Å². The second kappa shape index (κ2) is 2.51. The van der Waals surface area contributed by atoms with Crippen LogP contribution in [0.1, 0.15) is 38.5 Å². The van der Waals surface area contributed by atoms with E-state index in [1.54, 1.807) is 0 Å². The molecule has 0 radical (unpaired) electrons. The van der Waals surface area contributed by atoms with Crippen molar-refractivity contribution in [3.63, 3.8) is 0 Å². The van der Waals surface area contributed by atoms with E-state index in [1.807, 2.05) is 0 Å². The lowest BCUT2D eigenvalue weighted by Gasteiger charge is -2.49. The molecule has 0 aromatic rings. The van der Waals surface area contributed by atoms with Gasteiger partial charge in [0.1, 0.15) is 5.54 Å². The maximum atomic E-state index is 11.3. The predicted molar refractivity (Wildman–Crippen MR) is 52.1 cm³/mol. The molecule has 3 rings (SSSR count). The number of carboxylic acid groups (broad SMARTS) is 1. The lowest BCUT2D eigenvalue weighted by Crippen LogP contribution is -2.63. The van der Waals surface area contributed by atoms with Gasteiger partial charge in [-0.1, -0.05) is 12.8 Å². The van der Waals surface area contributed by atoms with Gasteiger partial charge in [0.2, 0.25) is 0 Å². The van der Waals surface area contributed by atoms with Crippen molar-refractivity contribution in [1.82, 2.24) is 4.90 Å². The first-order chi connectivity index (χ1) is 6.67. The molecule has 0 amide bonds. The molecule has 1 aliphatic heterocycles. The average molecular weight is 195 g/mol. The molecule has 1 saturated heterocycles. The molecule has 0 aromatic heterocycles. The van der Waals surface area contributed by atoms with Crippen LogP contribution in [0.5, 0.6) is 0 Å². The van der Waals surface area contributed by atoms with Gasteiger partial charge in [-0.15, -0.1) is 0 Å². The molecular formula is C11H17NO2. The van der Waals surface area contributed by atoms with E-state index >= 15 is 0 Å². The summed E-state index contributed by atoms with van der Waals surface area (Å²) in [5, 5.41) is 9.35. The van der Waals surface area contributed by atoms with Crippen molar-refractivity contribution in [3.05, 3.63) is 0 Å². The number of aliphatic carboxylic acids is 1. The standard InChI is InChI=1S/C11H17NO2/c13-9(14)11(3-1-2-4-11)12-7-10(8-12)5-6-10/h1-8H2,(H,13,14). The largest absolute Gasteiger partial charge is 0.480 e. The third-order valence-corrected chi connectivity index (χ3v) is 4.44. The van der Waals surface area contributed by atoms with E-state index in [0.717, 1.165) is 38.8 Å². The van der Waals surface area contributed by atoms with Crippen LogP contribution in [-0.4, -0.2) is 34.6 Å². The monoisotopic (exact) mass is 195 g/mol. The Kier molecular flexibility index (Phi) is 1.56. The second-order valence-electron chi connectivity index (χ2n) is 5.40.